The maximum Gasteiger partial charge on any atom is 0.221 e. The summed E-state index contributed by atoms with van der Waals surface area (Å²) < 4.78 is 2.26. The lowest BCUT2D eigenvalue weighted by Crippen LogP contribution is -2.31. The van der Waals surface area contributed by atoms with Gasteiger partial charge in [0.1, 0.15) is 0 Å². The molecule has 0 atom stereocenters. The molecule has 1 aromatic carbocycles. The van der Waals surface area contributed by atoms with Crippen LogP contribution in [0.1, 0.15) is 192 Å². The number of hydrogen-bond donors (Lipinski definition) is 3. The molecule has 0 spiro atoms. The minimum Gasteiger partial charge on any atom is -0.356 e. The van der Waals surface area contributed by atoms with E-state index in [0.717, 1.165) is 38.8 Å². The van der Waals surface area contributed by atoms with E-state index in [1.54, 1.807) is 0 Å². The van der Waals surface area contributed by atoms with Gasteiger partial charge in [-0.2, -0.15) is 0 Å². The summed E-state index contributed by atoms with van der Waals surface area (Å²) in [5, 5.41) is 9.41. The van der Waals surface area contributed by atoms with Gasteiger partial charge in [0, 0.05) is 50.7 Å². The molecule has 1 aromatic heterocycles. The van der Waals surface area contributed by atoms with Gasteiger partial charge in [-0.15, -0.1) is 0 Å². The molecule has 2 aromatic rings. The topological polar surface area (TPSA) is 78.4 Å². The summed E-state index contributed by atoms with van der Waals surface area (Å²) in [4.78, 5) is 24.8. The largest absolute Gasteiger partial charge is 0.356 e. The zero-order chi connectivity index (χ0) is 37.3. The Morgan fingerprint density at radius 3 is 1.48 bits per heavy atom. The van der Waals surface area contributed by atoms with Crippen molar-refractivity contribution >= 4 is 22.7 Å². The number of aryl methyl sites for hydroxylation is 1. The van der Waals surface area contributed by atoms with Crippen molar-refractivity contribution in [3.8, 4) is 0 Å². The van der Waals surface area contributed by atoms with Crippen LogP contribution in [-0.2, 0) is 22.7 Å². The third-order valence-corrected chi connectivity index (χ3v) is 10.7. The van der Waals surface area contributed by atoms with Gasteiger partial charge in [-0.25, -0.2) is 5.01 Å². The van der Waals surface area contributed by atoms with Crippen LogP contribution in [0.5, 0.6) is 0 Å². The lowest BCUT2D eigenvalue weighted by Gasteiger charge is -2.17. The second-order valence-electron chi connectivity index (χ2n) is 15.5. The van der Waals surface area contributed by atoms with E-state index >= 15 is 0 Å². The Morgan fingerprint density at radius 2 is 1.00 bits per heavy atom. The van der Waals surface area contributed by atoms with E-state index in [-0.39, 0.29) is 11.8 Å². The van der Waals surface area contributed by atoms with Crippen LogP contribution in [0.25, 0.3) is 10.9 Å². The number of benzene rings is 1. The molecule has 3 N–H and O–H groups in total. The molecule has 0 saturated carbocycles. The average molecular weight is 724 g/mol. The van der Waals surface area contributed by atoms with Gasteiger partial charge in [-0.3, -0.25) is 15.0 Å². The van der Waals surface area contributed by atoms with Crippen molar-refractivity contribution in [1.29, 1.82) is 0 Å². The first kappa shape index (κ1) is 45.8. The maximum absolute atomic E-state index is 12.6. The van der Waals surface area contributed by atoms with E-state index in [4.69, 9.17) is 0 Å². The Balaban J connectivity index is 1.30. The number of rotatable bonds is 36. The monoisotopic (exact) mass is 724 g/mol. The van der Waals surface area contributed by atoms with Gasteiger partial charge in [-0.1, -0.05) is 166 Å². The van der Waals surface area contributed by atoms with Crippen molar-refractivity contribution in [2.24, 2.45) is 0 Å². The van der Waals surface area contributed by atoms with Crippen molar-refractivity contribution in [1.82, 2.24) is 25.6 Å². The number of fused-ring (bicyclic) bond motifs is 1. The summed E-state index contributed by atoms with van der Waals surface area (Å²) in [6.07, 6.45) is 35.9. The molecule has 0 radical (unpaired) electrons. The summed E-state index contributed by atoms with van der Waals surface area (Å²) in [6, 6.07) is 10.6. The summed E-state index contributed by atoms with van der Waals surface area (Å²) in [5.41, 5.74) is 5.52. The van der Waals surface area contributed by atoms with Crippen LogP contribution in [0.2, 0.25) is 0 Å². The van der Waals surface area contributed by atoms with E-state index in [0.29, 0.717) is 25.9 Å². The zero-order valence-corrected chi connectivity index (χ0v) is 34.2. The summed E-state index contributed by atoms with van der Waals surface area (Å²) >= 11 is 0. The second-order valence-corrected chi connectivity index (χ2v) is 15.5. The molecule has 0 saturated heterocycles. The molecule has 0 fully saturated rings. The third-order valence-electron chi connectivity index (χ3n) is 10.7. The lowest BCUT2D eigenvalue weighted by atomic mass is 10.0. The van der Waals surface area contributed by atoms with Gasteiger partial charge < -0.3 is 15.2 Å². The van der Waals surface area contributed by atoms with E-state index in [2.05, 4.69) is 57.9 Å². The van der Waals surface area contributed by atoms with Crippen LogP contribution < -0.4 is 16.1 Å². The first-order valence-corrected chi connectivity index (χ1v) is 22.0. The fourth-order valence-corrected chi connectivity index (χ4v) is 7.33. The Kier molecular flexibility index (Phi) is 28.2. The van der Waals surface area contributed by atoms with Gasteiger partial charge in [0.15, 0.2) is 0 Å². The molecule has 2 rings (SSSR count). The van der Waals surface area contributed by atoms with E-state index in [1.807, 2.05) is 19.1 Å². The Labute approximate surface area is 320 Å². The molecular weight excluding hydrogens is 643 g/mol. The molecule has 52 heavy (non-hydrogen) atoms. The van der Waals surface area contributed by atoms with Crippen molar-refractivity contribution in [2.75, 3.05) is 27.2 Å². The highest BCUT2D eigenvalue weighted by Crippen LogP contribution is 2.21. The molecule has 0 aliphatic rings. The number of carbonyl (C=O) groups is 2. The van der Waals surface area contributed by atoms with Gasteiger partial charge in [0.2, 0.25) is 11.8 Å². The molecule has 0 aliphatic carbocycles. The summed E-state index contributed by atoms with van der Waals surface area (Å²) in [7, 11) is 3.93. The fourth-order valence-electron chi connectivity index (χ4n) is 7.33. The quantitative estimate of drug-likeness (QED) is 0.0483. The zero-order valence-electron chi connectivity index (χ0n) is 34.2. The van der Waals surface area contributed by atoms with E-state index in [9.17, 15) is 9.59 Å². The molecule has 0 unspecified atom stereocenters. The first-order valence-electron chi connectivity index (χ1n) is 22.0. The Hall–Kier alpha value is -2.38. The van der Waals surface area contributed by atoms with Crippen LogP contribution in [0, 0.1) is 0 Å². The van der Waals surface area contributed by atoms with Crippen molar-refractivity contribution in [2.45, 2.75) is 200 Å². The number of hydrogen-bond acceptors (Lipinski definition) is 4. The smallest absolute Gasteiger partial charge is 0.221 e. The van der Waals surface area contributed by atoms with E-state index < -0.39 is 0 Å². The number of para-hydroxylation sites is 1. The highest BCUT2D eigenvalue weighted by Gasteiger charge is 2.12. The number of nitrogens with zero attached hydrogens (tertiary/aromatic N) is 2. The number of hydrazine groups is 1. The third kappa shape index (κ3) is 23.3. The van der Waals surface area contributed by atoms with Gasteiger partial charge in [0.25, 0.3) is 0 Å². The average Bonchev–Trinajstić information content (AvgIpc) is 3.50. The predicted octanol–water partition coefficient (Wildman–Crippen LogP) is 11.4. The number of aromatic nitrogens is 1. The number of carbonyl (C=O) groups excluding carboxylic acids is 2. The molecule has 7 heteroatoms. The first-order chi connectivity index (χ1) is 25.5. The van der Waals surface area contributed by atoms with E-state index in [1.165, 1.54) is 158 Å². The fraction of sp³-hybridized carbons (Fsp3) is 0.778. The number of nitrogens with one attached hydrogen (secondary N) is 3. The normalized spacial score (nSPS) is 11.5. The highest BCUT2D eigenvalue weighted by molar-refractivity contribution is 5.82. The van der Waals surface area contributed by atoms with Crippen LogP contribution in [0.3, 0.4) is 0 Å². The second kappa shape index (κ2) is 32.1. The predicted molar refractivity (Wildman–Crippen MR) is 223 cm³/mol. The molecule has 2 amide bonds. The standard InChI is InChI=1S/C45H81N5O2/c1-4-5-6-7-8-9-10-11-12-13-14-15-16-17-18-19-20-21-22-23-24-25-27-34-44(51)47-36-30-26-31-37-48-45(52)35-38-50-42(40-49(3)46-2)39-41-32-28-29-33-43(41)50/h28-29,32-33,39,46H,4-27,30-31,34-38,40H2,1-3H3,(H,47,51)(H,48,52). The maximum atomic E-state index is 12.6. The number of unbranched alkanes of at least 4 members (excludes halogenated alkanes) is 24. The molecule has 298 valence electrons. The van der Waals surface area contributed by atoms with Gasteiger partial charge in [-0.05, 0) is 50.2 Å². The molecular formula is C45H81N5O2. The Bertz CT molecular complexity index is 1150. The molecule has 0 bridgehead atoms. The number of amides is 2. The SMILES string of the molecule is CCCCCCCCCCCCCCCCCCCCCCCCCC(=O)NCCCCCNC(=O)CCn1c(CN(C)NC)cc2ccccc21. The summed E-state index contributed by atoms with van der Waals surface area (Å²) in [6.45, 7) is 5.15. The van der Waals surface area contributed by atoms with Crippen LogP contribution in [0.4, 0.5) is 0 Å². The molecule has 0 aliphatic heterocycles. The van der Waals surface area contributed by atoms with Crippen LogP contribution in [0.15, 0.2) is 30.3 Å². The molecule has 1 heterocycles. The minimum absolute atomic E-state index is 0.0920. The molecule has 7 nitrogen and oxygen atoms in total. The van der Waals surface area contributed by atoms with Crippen molar-refractivity contribution in [3.63, 3.8) is 0 Å². The summed E-state index contributed by atoms with van der Waals surface area (Å²) in [5.74, 6) is 0.282. The minimum atomic E-state index is 0.0920. The van der Waals surface area contributed by atoms with Gasteiger partial charge in [0.05, 0.1) is 6.54 Å². The van der Waals surface area contributed by atoms with Gasteiger partial charge >= 0.3 is 0 Å². The Morgan fingerprint density at radius 1 is 0.577 bits per heavy atom. The van der Waals surface area contributed by atoms with Crippen LogP contribution in [-0.4, -0.2) is 48.6 Å². The van der Waals surface area contributed by atoms with Crippen molar-refractivity contribution in [3.05, 3.63) is 36.0 Å². The highest BCUT2D eigenvalue weighted by atomic mass is 16.2. The van der Waals surface area contributed by atoms with Crippen molar-refractivity contribution < 1.29 is 9.59 Å². The van der Waals surface area contributed by atoms with Crippen LogP contribution >= 0.6 is 0 Å². The lowest BCUT2D eigenvalue weighted by molar-refractivity contribution is -0.122.